The van der Waals surface area contributed by atoms with E-state index in [1.165, 1.54) is 0 Å². The molecule has 1 amide bonds. The number of hydrogen-bond acceptors (Lipinski definition) is 6. The molecule has 2 aliphatic rings. The third-order valence-electron chi connectivity index (χ3n) is 4.74. The fourth-order valence-electron chi connectivity index (χ4n) is 3.25. The molecule has 1 aromatic carbocycles. The van der Waals surface area contributed by atoms with Gasteiger partial charge in [-0.15, -0.1) is 0 Å². The zero-order valence-electron chi connectivity index (χ0n) is 15.5. The Morgan fingerprint density at radius 1 is 1.46 bits per heavy atom. The first-order valence-electron chi connectivity index (χ1n) is 9.34. The van der Waals surface area contributed by atoms with Crippen LogP contribution in [0.1, 0.15) is 18.4 Å². The number of imidazole rings is 1. The molecule has 0 radical (unpaired) electrons. The van der Waals surface area contributed by atoms with Crippen LogP contribution in [-0.4, -0.2) is 48.0 Å². The van der Waals surface area contributed by atoms with Crippen LogP contribution in [0.4, 0.5) is 5.69 Å². The molecule has 0 spiro atoms. The topological polar surface area (TPSA) is 110 Å². The van der Waals surface area contributed by atoms with Crippen molar-refractivity contribution in [2.45, 2.75) is 25.6 Å². The van der Waals surface area contributed by atoms with Crippen molar-refractivity contribution < 1.29 is 14.3 Å². The Morgan fingerprint density at radius 2 is 2.36 bits per heavy atom. The third-order valence-corrected chi connectivity index (χ3v) is 4.74. The summed E-state index contributed by atoms with van der Waals surface area (Å²) in [6.07, 6.45) is 0.724. The van der Waals surface area contributed by atoms with Gasteiger partial charge >= 0.3 is 0 Å². The number of morpholine rings is 1. The minimum atomic E-state index is -0.255. The van der Waals surface area contributed by atoms with E-state index in [1.54, 1.807) is 4.57 Å². The van der Waals surface area contributed by atoms with Crippen LogP contribution >= 0.6 is 0 Å². The van der Waals surface area contributed by atoms with E-state index in [-0.39, 0.29) is 17.7 Å². The smallest absolute Gasteiger partial charge is 0.274 e. The number of hydrogen-bond donors (Lipinski definition) is 3. The highest BCUT2D eigenvalue weighted by molar-refractivity contribution is 5.76. The predicted molar refractivity (Wildman–Crippen MR) is 102 cm³/mol. The Kier molecular flexibility index (Phi) is 5.27. The van der Waals surface area contributed by atoms with Crippen LogP contribution in [0.5, 0.6) is 5.75 Å². The lowest BCUT2D eigenvalue weighted by molar-refractivity contribution is -0.126. The van der Waals surface area contributed by atoms with Crippen molar-refractivity contribution in [3.8, 4) is 5.75 Å². The second-order valence-corrected chi connectivity index (χ2v) is 6.80. The monoisotopic (exact) mass is 385 g/mol. The van der Waals surface area contributed by atoms with Gasteiger partial charge < -0.3 is 24.7 Å². The number of aromatic nitrogens is 2. The summed E-state index contributed by atoms with van der Waals surface area (Å²) >= 11 is 0. The molecular weight excluding hydrogens is 362 g/mol. The molecule has 0 aliphatic carbocycles. The van der Waals surface area contributed by atoms with E-state index < -0.39 is 0 Å². The lowest BCUT2D eigenvalue weighted by Gasteiger charge is -2.24. The van der Waals surface area contributed by atoms with Gasteiger partial charge in [-0.25, -0.2) is 4.99 Å². The molecule has 4 rings (SSSR count). The molecule has 9 nitrogen and oxygen atoms in total. The van der Waals surface area contributed by atoms with E-state index >= 15 is 0 Å². The molecule has 1 aromatic heterocycles. The number of fused-ring (bicyclic) bond motifs is 2. The van der Waals surface area contributed by atoms with Crippen LogP contribution in [0.3, 0.4) is 0 Å². The zero-order valence-corrected chi connectivity index (χ0v) is 15.5. The van der Waals surface area contributed by atoms with E-state index in [0.29, 0.717) is 55.9 Å². The van der Waals surface area contributed by atoms with Crippen LogP contribution in [0, 0.1) is 0 Å². The number of aromatic amines is 1. The average Bonchev–Trinajstić information content (AvgIpc) is 2.97. The van der Waals surface area contributed by atoms with Crippen LogP contribution < -0.4 is 31.9 Å². The van der Waals surface area contributed by atoms with Gasteiger partial charge in [0.05, 0.1) is 25.4 Å². The van der Waals surface area contributed by atoms with Crippen molar-refractivity contribution in [3.05, 3.63) is 45.1 Å². The summed E-state index contributed by atoms with van der Waals surface area (Å²) < 4.78 is 13.0. The molecule has 2 aromatic rings. The number of carbonyl (C=O) groups excluding carboxylic acids is 1. The quantitative estimate of drug-likeness (QED) is 0.478. The molecule has 3 heterocycles. The normalized spacial score (nSPS) is 17.9. The number of ether oxygens (including phenoxy) is 2. The predicted octanol–water partition coefficient (Wildman–Crippen LogP) is -0.879. The summed E-state index contributed by atoms with van der Waals surface area (Å²) in [6.45, 7) is 6.78. The van der Waals surface area contributed by atoms with Crippen molar-refractivity contribution >= 4 is 18.2 Å². The standard InChI is InChI=1S/C19H23N5O4/c1-12-18(26)23-19-21-15-5-4-14(9-13(15)11-24(12)19)27-7-2-3-16(25)22-17-10-20-6-8-28-17/h4-5,9,17,20H,1-3,6-8,10-11H2,(H,22,25)(H,21,23,26). The molecule has 0 saturated carbocycles. The Morgan fingerprint density at radius 3 is 3.18 bits per heavy atom. The second-order valence-electron chi connectivity index (χ2n) is 6.80. The van der Waals surface area contributed by atoms with Crippen molar-refractivity contribution in [2.75, 3.05) is 26.3 Å². The Labute approximate surface area is 161 Å². The maximum absolute atomic E-state index is 11.9. The highest BCUT2D eigenvalue weighted by atomic mass is 16.5. The number of nitrogens with zero attached hydrogens (tertiary/aromatic N) is 2. The van der Waals surface area contributed by atoms with E-state index in [0.717, 1.165) is 17.8 Å². The molecule has 9 heteroatoms. The van der Waals surface area contributed by atoms with E-state index in [4.69, 9.17) is 9.47 Å². The van der Waals surface area contributed by atoms with E-state index in [2.05, 4.69) is 27.2 Å². The summed E-state index contributed by atoms with van der Waals surface area (Å²) in [5, 5.41) is 6.40. The number of carbonyl (C=O) groups is 1. The van der Waals surface area contributed by atoms with Crippen LogP contribution in [0.25, 0.3) is 6.58 Å². The minimum absolute atomic E-state index is 0.0469. The summed E-state index contributed by atoms with van der Waals surface area (Å²) in [7, 11) is 0. The molecule has 3 N–H and O–H groups in total. The zero-order chi connectivity index (χ0) is 19.5. The summed E-state index contributed by atoms with van der Waals surface area (Å²) in [4.78, 5) is 30.8. The number of amides is 1. The number of rotatable bonds is 6. The Hall–Kier alpha value is -2.91. The van der Waals surface area contributed by atoms with E-state index in [1.807, 2.05) is 18.2 Å². The molecular formula is C19H23N5O4. The largest absolute Gasteiger partial charge is 0.494 e. The van der Waals surface area contributed by atoms with Crippen molar-refractivity contribution in [3.63, 3.8) is 0 Å². The maximum atomic E-state index is 11.9. The summed E-state index contributed by atoms with van der Waals surface area (Å²) in [6, 6.07) is 5.61. The van der Waals surface area contributed by atoms with Crippen molar-refractivity contribution in [1.29, 1.82) is 0 Å². The maximum Gasteiger partial charge on any atom is 0.274 e. The third kappa shape index (κ3) is 4.00. The fraction of sp³-hybridized carbons (Fsp3) is 0.421. The highest BCUT2D eigenvalue weighted by Gasteiger charge is 2.16. The average molecular weight is 385 g/mol. The van der Waals surface area contributed by atoms with Gasteiger partial charge in [-0.3, -0.25) is 14.6 Å². The van der Waals surface area contributed by atoms with Gasteiger partial charge in [-0.05, 0) is 24.6 Å². The molecule has 2 aliphatic heterocycles. The molecule has 28 heavy (non-hydrogen) atoms. The van der Waals surface area contributed by atoms with Crippen LogP contribution in [-0.2, 0) is 16.1 Å². The summed E-state index contributed by atoms with van der Waals surface area (Å²) in [5.41, 5.74) is 2.04. The minimum Gasteiger partial charge on any atom is -0.494 e. The van der Waals surface area contributed by atoms with Crippen molar-refractivity contribution in [1.82, 2.24) is 20.2 Å². The van der Waals surface area contributed by atoms with Gasteiger partial charge in [0.1, 0.15) is 17.3 Å². The first-order chi connectivity index (χ1) is 13.6. The van der Waals surface area contributed by atoms with Crippen molar-refractivity contribution in [2.24, 2.45) is 4.99 Å². The van der Waals surface area contributed by atoms with Gasteiger partial charge in [0.2, 0.25) is 11.5 Å². The lowest BCUT2D eigenvalue weighted by atomic mass is 10.1. The molecule has 1 atom stereocenters. The van der Waals surface area contributed by atoms with Crippen LogP contribution in [0.2, 0.25) is 0 Å². The van der Waals surface area contributed by atoms with Gasteiger partial charge in [0.15, 0.2) is 0 Å². The number of nitrogens with one attached hydrogen (secondary N) is 3. The fourth-order valence-corrected chi connectivity index (χ4v) is 3.25. The van der Waals surface area contributed by atoms with Gasteiger partial charge in [0.25, 0.3) is 5.56 Å². The lowest BCUT2D eigenvalue weighted by Crippen LogP contribution is -2.48. The Balaban J connectivity index is 1.29. The summed E-state index contributed by atoms with van der Waals surface area (Å²) in [5.74, 6) is 0.663. The highest BCUT2D eigenvalue weighted by Crippen LogP contribution is 2.26. The molecule has 0 bridgehead atoms. The molecule has 1 unspecified atom stereocenters. The number of H-pyrrole nitrogens is 1. The SMILES string of the molecule is C=c1c(=O)[nH]c2n1Cc1cc(OCCCC(=O)NC3CNCCO3)ccc1N=2. The van der Waals surface area contributed by atoms with Gasteiger partial charge in [-0.1, -0.05) is 6.58 Å². The first kappa shape index (κ1) is 18.5. The van der Waals surface area contributed by atoms with Crippen LogP contribution in [0.15, 0.2) is 28.0 Å². The molecule has 148 valence electrons. The van der Waals surface area contributed by atoms with Gasteiger partial charge in [0, 0.05) is 25.1 Å². The molecule has 1 saturated heterocycles. The Bertz CT molecular complexity index is 1040. The van der Waals surface area contributed by atoms with E-state index in [9.17, 15) is 9.59 Å². The second kappa shape index (κ2) is 7.99. The first-order valence-corrected chi connectivity index (χ1v) is 9.34. The number of benzene rings is 1. The molecule has 1 fully saturated rings. The van der Waals surface area contributed by atoms with Gasteiger partial charge in [-0.2, -0.15) is 0 Å².